The molecule has 0 N–H and O–H groups in total. The van der Waals surface area contributed by atoms with E-state index in [1.807, 2.05) is 47.4 Å². The Morgan fingerprint density at radius 3 is 2.77 bits per heavy atom. The lowest BCUT2D eigenvalue weighted by molar-refractivity contribution is 0.0518. The fourth-order valence-corrected chi connectivity index (χ4v) is 4.63. The first kappa shape index (κ1) is 21.5. The van der Waals surface area contributed by atoms with Gasteiger partial charge in [-0.1, -0.05) is 35.5 Å². The van der Waals surface area contributed by atoms with E-state index < -0.39 is 5.97 Å². The van der Waals surface area contributed by atoms with Gasteiger partial charge in [0, 0.05) is 33.2 Å². The van der Waals surface area contributed by atoms with Crippen LogP contribution in [0.5, 0.6) is 0 Å². The van der Waals surface area contributed by atoms with E-state index in [2.05, 4.69) is 35.4 Å². The summed E-state index contributed by atoms with van der Waals surface area (Å²) < 4.78 is 9.18. The minimum Gasteiger partial charge on any atom is -0.461 e. The fourth-order valence-electron chi connectivity index (χ4n) is 3.44. The molecule has 0 aliphatic carbocycles. The molecule has 3 heterocycles. The van der Waals surface area contributed by atoms with Gasteiger partial charge in [-0.2, -0.15) is 5.10 Å². The van der Waals surface area contributed by atoms with E-state index in [1.165, 1.54) is 11.8 Å². The number of hydrogen-bond acceptors (Lipinski definition) is 5. The van der Waals surface area contributed by atoms with E-state index in [4.69, 9.17) is 16.3 Å². The average molecular weight is 455 g/mol. The monoisotopic (exact) mass is 454 g/mol. The van der Waals surface area contributed by atoms with Crippen molar-refractivity contribution in [1.82, 2.24) is 19.3 Å². The highest BCUT2D eigenvalue weighted by molar-refractivity contribution is 7.99. The maximum atomic E-state index is 12.1. The Hall–Kier alpha value is -2.77. The lowest BCUT2D eigenvalue weighted by Crippen LogP contribution is -2.07. The topological polar surface area (TPSA) is 61.9 Å². The summed E-state index contributed by atoms with van der Waals surface area (Å²) in [4.78, 5) is 17.6. The molecule has 0 bridgehead atoms. The third-order valence-electron chi connectivity index (χ3n) is 4.90. The summed E-state index contributed by atoms with van der Waals surface area (Å²) in [6.07, 6.45) is 3.90. The van der Waals surface area contributed by atoms with Crippen molar-refractivity contribution in [1.29, 1.82) is 0 Å². The van der Waals surface area contributed by atoms with Gasteiger partial charge in [-0.05, 0) is 52.0 Å². The molecule has 0 saturated carbocycles. The Balaban J connectivity index is 1.81. The predicted octanol–water partition coefficient (Wildman–Crippen LogP) is 6.09. The maximum Gasteiger partial charge on any atom is 0.356 e. The summed E-state index contributed by atoms with van der Waals surface area (Å²) >= 11 is 7.85. The second-order valence-electron chi connectivity index (χ2n) is 7.37. The molecule has 0 spiro atoms. The number of halogens is 1. The molecule has 0 saturated heterocycles. The maximum absolute atomic E-state index is 12.1. The Kier molecular flexibility index (Phi) is 6.07. The van der Waals surface area contributed by atoms with Crippen molar-refractivity contribution in [2.24, 2.45) is 0 Å². The Morgan fingerprint density at radius 2 is 2.06 bits per heavy atom. The van der Waals surface area contributed by atoms with Crippen LogP contribution in [0.15, 0.2) is 58.7 Å². The molecule has 0 aliphatic heterocycles. The van der Waals surface area contributed by atoms with Crippen LogP contribution in [0.1, 0.15) is 43.0 Å². The van der Waals surface area contributed by atoms with Crippen LogP contribution in [0.3, 0.4) is 0 Å². The number of rotatable bonds is 6. The van der Waals surface area contributed by atoms with Gasteiger partial charge in [-0.25, -0.2) is 9.78 Å². The largest absolute Gasteiger partial charge is 0.461 e. The number of carbonyl (C=O) groups is 1. The molecule has 0 amide bonds. The van der Waals surface area contributed by atoms with Crippen molar-refractivity contribution in [3.63, 3.8) is 0 Å². The summed E-state index contributed by atoms with van der Waals surface area (Å²) in [5, 5.41) is 6.95. The second-order valence-corrected chi connectivity index (χ2v) is 8.83. The smallest absolute Gasteiger partial charge is 0.356 e. The van der Waals surface area contributed by atoms with Gasteiger partial charge in [0.05, 0.1) is 24.0 Å². The van der Waals surface area contributed by atoms with E-state index in [9.17, 15) is 4.79 Å². The number of benzene rings is 1. The highest BCUT2D eigenvalue weighted by atomic mass is 35.5. The van der Waals surface area contributed by atoms with E-state index in [-0.39, 0.29) is 6.04 Å². The minimum absolute atomic E-state index is 0.267. The van der Waals surface area contributed by atoms with Crippen LogP contribution in [0.4, 0.5) is 0 Å². The van der Waals surface area contributed by atoms with Crippen molar-refractivity contribution in [2.45, 2.75) is 43.7 Å². The fraction of sp³-hybridized carbons (Fsp3) is 0.261. The first-order chi connectivity index (χ1) is 14.9. The van der Waals surface area contributed by atoms with Gasteiger partial charge in [0.15, 0.2) is 0 Å². The molecule has 0 unspecified atom stereocenters. The van der Waals surface area contributed by atoms with Gasteiger partial charge in [0.25, 0.3) is 0 Å². The molecular weight excluding hydrogens is 432 g/mol. The second kappa shape index (κ2) is 8.77. The Morgan fingerprint density at radius 1 is 1.26 bits per heavy atom. The molecule has 31 heavy (non-hydrogen) atoms. The molecule has 1 aromatic carbocycles. The molecule has 0 aliphatic rings. The van der Waals surface area contributed by atoms with Crippen LogP contribution in [-0.4, -0.2) is 31.9 Å². The quantitative estimate of drug-likeness (QED) is 0.330. The van der Waals surface area contributed by atoms with Crippen molar-refractivity contribution in [3.05, 3.63) is 65.2 Å². The molecule has 8 heteroatoms. The Bertz CT molecular complexity index is 1260. The summed E-state index contributed by atoms with van der Waals surface area (Å²) in [5.41, 5.74) is 3.32. The van der Waals surface area contributed by atoms with Gasteiger partial charge in [0.1, 0.15) is 10.7 Å². The molecule has 4 rings (SSSR count). The van der Waals surface area contributed by atoms with E-state index >= 15 is 0 Å². The van der Waals surface area contributed by atoms with E-state index in [1.54, 1.807) is 13.0 Å². The SMILES string of the molecule is CCOC(=O)c1cccc(Sc2c(C)n(-c3cnn(C(C)C)c3)c3cc(Cl)ccc23)n1. The molecule has 0 radical (unpaired) electrons. The number of ether oxygens (including phenoxy) is 1. The minimum atomic E-state index is -0.419. The molecule has 6 nitrogen and oxygen atoms in total. The number of esters is 1. The highest BCUT2D eigenvalue weighted by Crippen LogP contribution is 2.40. The van der Waals surface area contributed by atoms with Gasteiger partial charge in [-0.15, -0.1) is 0 Å². The standard InChI is InChI=1S/C23H23ClN4O2S/c1-5-30-23(29)19-7-6-8-21(26-19)31-22-15(4)28(17-12-25-27(13-17)14(2)3)20-11-16(24)9-10-18(20)22/h6-14H,5H2,1-4H3. The highest BCUT2D eigenvalue weighted by Gasteiger charge is 2.19. The van der Waals surface area contributed by atoms with E-state index in [0.29, 0.717) is 17.3 Å². The van der Waals surface area contributed by atoms with Crippen LogP contribution in [-0.2, 0) is 4.74 Å². The third kappa shape index (κ3) is 4.20. The van der Waals surface area contributed by atoms with Crippen LogP contribution in [0.25, 0.3) is 16.6 Å². The summed E-state index contributed by atoms with van der Waals surface area (Å²) in [6.45, 7) is 8.35. The van der Waals surface area contributed by atoms with Crippen molar-refractivity contribution in [2.75, 3.05) is 6.61 Å². The lowest BCUT2D eigenvalue weighted by atomic mass is 10.2. The summed E-state index contributed by atoms with van der Waals surface area (Å²) in [6, 6.07) is 11.5. The van der Waals surface area contributed by atoms with Gasteiger partial charge >= 0.3 is 5.97 Å². The molecule has 4 aromatic rings. The molecule has 3 aromatic heterocycles. The van der Waals surface area contributed by atoms with Crippen molar-refractivity contribution < 1.29 is 9.53 Å². The van der Waals surface area contributed by atoms with Crippen LogP contribution >= 0.6 is 23.4 Å². The molecule has 160 valence electrons. The number of nitrogens with zero attached hydrogens (tertiary/aromatic N) is 4. The zero-order valence-corrected chi connectivity index (χ0v) is 19.4. The number of aromatic nitrogens is 4. The van der Waals surface area contributed by atoms with Crippen LogP contribution < -0.4 is 0 Å². The first-order valence-corrected chi connectivity index (χ1v) is 11.3. The summed E-state index contributed by atoms with van der Waals surface area (Å²) in [7, 11) is 0. The Labute approximate surface area is 190 Å². The normalized spacial score (nSPS) is 11.4. The number of pyridine rings is 1. The van der Waals surface area contributed by atoms with Gasteiger partial charge in [-0.3, -0.25) is 4.68 Å². The first-order valence-electron chi connectivity index (χ1n) is 10.1. The zero-order valence-electron chi connectivity index (χ0n) is 17.8. The van der Waals surface area contributed by atoms with Crippen molar-refractivity contribution in [3.8, 4) is 5.69 Å². The molecule has 0 atom stereocenters. The van der Waals surface area contributed by atoms with Gasteiger partial charge < -0.3 is 9.30 Å². The van der Waals surface area contributed by atoms with Gasteiger partial charge in [0.2, 0.25) is 0 Å². The number of fused-ring (bicyclic) bond motifs is 1. The summed E-state index contributed by atoms with van der Waals surface area (Å²) in [5.74, 6) is -0.419. The predicted molar refractivity (Wildman–Crippen MR) is 124 cm³/mol. The average Bonchev–Trinajstić information content (AvgIpc) is 3.32. The van der Waals surface area contributed by atoms with Crippen LogP contribution in [0, 0.1) is 6.92 Å². The van der Waals surface area contributed by atoms with Crippen molar-refractivity contribution >= 4 is 40.2 Å². The van der Waals surface area contributed by atoms with E-state index in [0.717, 1.165) is 32.2 Å². The number of hydrogen-bond donors (Lipinski definition) is 0. The van der Waals surface area contributed by atoms with Crippen LogP contribution in [0.2, 0.25) is 5.02 Å². The third-order valence-corrected chi connectivity index (χ3v) is 6.29. The lowest BCUT2D eigenvalue weighted by Gasteiger charge is -2.07. The zero-order chi connectivity index (χ0) is 22.1. The number of carbonyl (C=O) groups excluding carboxylic acids is 1. The molecular formula is C23H23ClN4O2S. The molecule has 0 fully saturated rings.